The zero-order chi connectivity index (χ0) is 35.5. The number of carbonyl (C=O) groups is 4. The van der Waals surface area contributed by atoms with Crippen LogP contribution < -0.4 is 10.6 Å². The average molecular weight is 791 g/mol. The lowest BCUT2D eigenvalue weighted by Crippen LogP contribution is -2.55. The molecule has 3 aliphatic rings. The van der Waals surface area contributed by atoms with Gasteiger partial charge < -0.3 is 39.8 Å². The molecule has 4 N–H and O–H groups in total. The first-order chi connectivity index (χ1) is 23.1. The summed E-state index contributed by atoms with van der Waals surface area (Å²) in [6.07, 6.45) is -1.01. The Labute approximate surface area is 299 Å². The van der Waals surface area contributed by atoms with Crippen LogP contribution in [0.5, 0.6) is 0 Å². The highest BCUT2D eigenvalue weighted by atomic mass is 127. The molecule has 1 spiro atoms. The van der Waals surface area contributed by atoms with Crippen LogP contribution in [0, 0.1) is 3.57 Å². The topological polar surface area (TPSA) is 170 Å². The lowest BCUT2D eigenvalue weighted by atomic mass is 9.91. The number of hydrogen-bond acceptors (Lipinski definition) is 10. The summed E-state index contributed by atoms with van der Waals surface area (Å²) in [5.41, 5.74) is 2.04. The Morgan fingerprint density at radius 3 is 2.27 bits per heavy atom. The zero-order valence-corrected chi connectivity index (χ0v) is 30.1. The van der Waals surface area contributed by atoms with E-state index in [-0.39, 0.29) is 24.8 Å². The Balaban J connectivity index is 1.30. The second kappa shape index (κ2) is 15.3. The SMILES string of the molecule is CC(O)C(NC(=O)C1=CC2OC3(Cc4ccccc4C3)OC2C(OC(=O)c2ccc(I)cc2)C1)C(=O)NC(CO)CCC(=O)OC(C)(C)C. The second-order valence-corrected chi connectivity index (χ2v) is 15.0. The van der Waals surface area contributed by atoms with Gasteiger partial charge in [0.25, 0.3) is 0 Å². The maximum Gasteiger partial charge on any atom is 0.338 e. The minimum absolute atomic E-state index is 0.0290. The summed E-state index contributed by atoms with van der Waals surface area (Å²) < 4.78 is 25.2. The van der Waals surface area contributed by atoms with Crippen LogP contribution in [-0.2, 0) is 46.2 Å². The Hall–Kier alpha value is -3.37. The molecule has 264 valence electrons. The molecule has 13 heteroatoms. The van der Waals surface area contributed by atoms with Gasteiger partial charge in [-0.1, -0.05) is 24.3 Å². The molecule has 1 heterocycles. The van der Waals surface area contributed by atoms with E-state index in [0.29, 0.717) is 18.4 Å². The van der Waals surface area contributed by atoms with Gasteiger partial charge in [0.05, 0.1) is 24.3 Å². The van der Waals surface area contributed by atoms with Crippen molar-refractivity contribution in [3.05, 3.63) is 80.4 Å². The number of nitrogens with one attached hydrogen (secondary N) is 2. The molecule has 2 aliphatic carbocycles. The number of esters is 2. The van der Waals surface area contributed by atoms with Crippen molar-refractivity contribution in [2.75, 3.05) is 6.61 Å². The number of amides is 2. The average Bonchev–Trinajstić information content (AvgIpc) is 3.58. The van der Waals surface area contributed by atoms with Gasteiger partial charge in [0.15, 0.2) is 5.79 Å². The van der Waals surface area contributed by atoms with Crippen molar-refractivity contribution in [2.45, 2.75) is 108 Å². The Morgan fingerprint density at radius 1 is 1.02 bits per heavy atom. The first-order valence-electron chi connectivity index (χ1n) is 16.4. The highest BCUT2D eigenvalue weighted by Gasteiger charge is 2.55. The summed E-state index contributed by atoms with van der Waals surface area (Å²) >= 11 is 2.14. The number of rotatable bonds is 11. The number of fused-ring (bicyclic) bond motifs is 2. The van der Waals surface area contributed by atoms with Gasteiger partial charge in [0.2, 0.25) is 11.8 Å². The standard InChI is InChI=1S/C36H43IN2O10/c1-20(41)30(33(44)38-26(19-40)13-14-29(42)48-35(2,3)4)39-32(43)24-15-27(46-34(45)21-9-11-25(37)12-10-21)31-28(16-24)47-36(49-31)17-22-7-5-6-8-23(22)18-36/h5-12,16,20,26-28,30-31,40-41H,13-15,17-19H2,1-4H3,(H,38,44)(H,39,43). The highest BCUT2D eigenvalue weighted by molar-refractivity contribution is 14.1. The molecule has 2 aromatic carbocycles. The lowest BCUT2D eigenvalue weighted by molar-refractivity contribution is -0.172. The van der Waals surface area contributed by atoms with Gasteiger partial charge in [-0.2, -0.15) is 0 Å². The molecule has 6 unspecified atom stereocenters. The largest absolute Gasteiger partial charge is 0.460 e. The first-order valence-corrected chi connectivity index (χ1v) is 17.4. The van der Waals surface area contributed by atoms with Gasteiger partial charge in [-0.05, 0) is 98.2 Å². The highest BCUT2D eigenvalue weighted by Crippen LogP contribution is 2.45. The third-order valence-corrected chi connectivity index (χ3v) is 9.30. The number of benzene rings is 2. The van der Waals surface area contributed by atoms with Gasteiger partial charge in [-0.25, -0.2) is 4.79 Å². The minimum atomic E-state index is -1.40. The molecule has 0 radical (unpaired) electrons. The maximum absolute atomic E-state index is 13.7. The molecule has 1 fully saturated rings. The molecular weight excluding hydrogens is 747 g/mol. The number of halogens is 1. The minimum Gasteiger partial charge on any atom is -0.460 e. The van der Waals surface area contributed by atoms with Crippen LogP contribution in [-0.4, -0.2) is 88.5 Å². The summed E-state index contributed by atoms with van der Waals surface area (Å²) in [4.78, 5) is 52.4. The molecular formula is C36H43IN2O10. The smallest absolute Gasteiger partial charge is 0.338 e. The molecule has 6 atom stereocenters. The third-order valence-electron chi connectivity index (χ3n) is 8.58. The van der Waals surface area contributed by atoms with Crippen LogP contribution in [0.25, 0.3) is 0 Å². The first kappa shape index (κ1) is 36.9. The summed E-state index contributed by atoms with van der Waals surface area (Å²) in [6.45, 7) is 6.09. The summed E-state index contributed by atoms with van der Waals surface area (Å²) in [6, 6.07) is 12.6. The van der Waals surface area contributed by atoms with Crippen molar-refractivity contribution in [1.29, 1.82) is 0 Å². The van der Waals surface area contributed by atoms with Gasteiger partial charge in [0.1, 0.15) is 30.0 Å². The van der Waals surface area contributed by atoms with Crippen molar-refractivity contribution < 1.29 is 48.3 Å². The van der Waals surface area contributed by atoms with Crippen LogP contribution in [0.15, 0.2) is 60.2 Å². The predicted octanol–water partition coefficient (Wildman–Crippen LogP) is 2.89. The van der Waals surface area contributed by atoms with Gasteiger partial charge in [-0.15, -0.1) is 0 Å². The van der Waals surface area contributed by atoms with Crippen LogP contribution >= 0.6 is 22.6 Å². The van der Waals surface area contributed by atoms with Crippen LogP contribution in [0.4, 0.5) is 0 Å². The van der Waals surface area contributed by atoms with E-state index >= 15 is 0 Å². The summed E-state index contributed by atoms with van der Waals surface area (Å²) in [5, 5.41) is 25.6. The van der Waals surface area contributed by atoms with Crippen molar-refractivity contribution in [1.82, 2.24) is 10.6 Å². The number of aliphatic hydroxyl groups excluding tert-OH is 2. The molecule has 1 saturated heterocycles. The summed E-state index contributed by atoms with van der Waals surface area (Å²) in [7, 11) is 0. The Bertz CT molecular complexity index is 1560. The van der Waals surface area contributed by atoms with E-state index in [1.165, 1.54) is 6.92 Å². The number of carbonyl (C=O) groups excluding carboxylic acids is 4. The van der Waals surface area contributed by atoms with Crippen LogP contribution in [0.1, 0.15) is 68.4 Å². The quantitative estimate of drug-likeness (QED) is 0.196. The fraction of sp³-hybridized carbons (Fsp3) is 0.500. The van der Waals surface area contributed by atoms with Crippen molar-refractivity contribution in [3.8, 4) is 0 Å². The van der Waals surface area contributed by atoms with E-state index < -0.39 is 78.2 Å². The van der Waals surface area contributed by atoms with Crippen LogP contribution in [0.3, 0.4) is 0 Å². The van der Waals surface area contributed by atoms with E-state index in [1.807, 2.05) is 24.3 Å². The lowest BCUT2D eigenvalue weighted by Gasteiger charge is -2.31. The zero-order valence-electron chi connectivity index (χ0n) is 27.9. The second-order valence-electron chi connectivity index (χ2n) is 13.7. The molecule has 0 aromatic heterocycles. The molecule has 0 saturated carbocycles. The van der Waals surface area contributed by atoms with Gasteiger partial charge >= 0.3 is 11.9 Å². The van der Waals surface area contributed by atoms with E-state index in [4.69, 9.17) is 18.9 Å². The fourth-order valence-electron chi connectivity index (χ4n) is 6.28. The van der Waals surface area contributed by atoms with Gasteiger partial charge in [0, 0.05) is 34.8 Å². The monoisotopic (exact) mass is 790 g/mol. The molecule has 2 aromatic rings. The predicted molar refractivity (Wildman–Crippen MR) is 185 cm³/mol. The van der Waals surface area contributed by atoms with Crippen molar-refractivity contribution in [2.24, 2.45) is 0 Å². The Morgan fingerprint density at radius 2 is 1.67 bits per heavy atom. The van der Waals surface area contributed by atoms with Crippen molar-refractivity contribution >= 4 is 46.3 Å². The molecule has 1 aliphatic heterocycles. The third kappa shape index (κ3) is 9.25. The van der Waals surface area contributed by atoms with E-state index in [0.717, 1.165) is 14.7 Å². The van der Waals surface area contributed by atoms with Gasteiger partial charge in [-0.3, -0.25) is 14.4 Å². The van der Waals surface area contributed by atoms with Crippen molar-refractivity contribution in [3.63, 3.8) is 0 Å². The molecule has 2 amide bonds. The molecule has 0 bridgehead atoms. The van der Waals surface area contributed by atoms with E-state index in [2.05, 4.69) is 33.2 Å². The van der Waals surface area contributed by atoms with E-state index in [1.54, 1.807) is 51.1 Å². The Kier molecular flexibility index (Phi) is 11.5. The molecule has 5 rings (SSSR count). The molecule has 49 heavy (non-hydrogen) atoms. The number of ether oxygens (including phenoxy) is 4. The van der Waals surface area contributed by atoms with E-state index in [9.17, 15) is 29.4 Å². The normalized spacial score (nSPS) is 22.6. The fourth-order valence-corrected chi connectivity index (χ4v) is 6.64. The number of hydrogen-bond donors (Lipinski definition) is 4. The number of aliphatic hydroxyl groups is 2. The molecule has 12 nitrogen and oxygen atoms in total. The maximum atomic E-state index is 13.7. The van der Waals surface area contributed by atoms with Crippen LogP contribution in [0.2, 0.25) is 0 Å². The summed E-state index contributed by atoms with van der Waals surface area (Å²) in [5.74, 6) is -3.46.